The fourth-order valence-corrected chi connectivity index (χ4v) is 2.88. The number of nitrogens with two attached hydrogens (primary N) is 1. The Labute approximate surface area is 110 Å². The molecule has 2 fully saturated rings. The van der Waals surface area contributed by atoms with Crippen LogP contribution in [0, 0.1) is 11.8 Å². The molecule has 0 aromatic carbocycles. The van der Waals surface area contributed by atoms with Crippen LogP contribution in [0.25, 0.3) is 0 Å². The molecule has 0 bridgehead atoms. The van der Waals surface area contributed by atoms with Crippen LogP contribution in [0.15, 0.2) is 0 Å². The summed E-state index contributed by atoms with van der Waals surface area (Å²) in [6.07, 6.45) is 4.37. The minimum atomic E-state index is -0.562. The summed E-state index contributed by atoms with van der Waals surface area (Å²) in [4.78, 5) is 13.9. The van der Waals surface area contributed by atoms with Crippen molar-refractivity contribution in [3.05, 3.63) is 0 Å². The first-order chi connectivity index (χ1) is 8.19. The van der Waals surface area contributed by atoms with E-state index in [4.69, 9.17) is 10.5 Å². The molecule has 2 unspecified atom stereocenters. The van der Waals surface area contributed by atoms with Gasteiger partial charge in [-0.25, -0.2) is 4.79 Å². The van der Waals surface area contributed by atoms with Crippen molar-refractivity contribution in [1.29, 1.82) is 0 Å². The molecule has 2 atom stereocenters. The van der Waals surface area contributed by atoms with Crippen LogP contribution in [-0.4, -0.2) is 28.8 Å². The first kappa shape index (κ1) is 13.7. The van der Waals surface area contributed by atoms with Crippen LogP contribution in [0.2, 0.25) is 0 Å². The third-order valence-electron chi connectivity index (χ3n) is 3.92. The summed E-state index contributed by atoms with van der Waals surface area (Å²) in [5, 5.41) is 0. The molecule has 2 N–H and O–H groups in total. The molecule has 0 spiro atoms. The van der Waals surface area contributed by atoms with Crippen LogP contribution in [-0.2, 0) is 4.74 Å². The van der Waals surface area contributed by atoms with Crippen LogP contribution in [0.5, 0.6) is 0 Å². The zero-order valence-electron chi connectivity index (χ0n) is 12.0. The Morgan fingerprint density at radius 1 is 1.28 bits per heavy atom. The Morgan fingerprint density at radius 3 is 2.33 bits per heavy atom. The average Bonchev–Trinajstić information content (AvgIpc) is 2.95. The van der Waals surface area contributed by atoms with Gasteiger partial charge >= 0.3 is 6.09 Å². The maximum atomic E-state index is 12.1. The molecule has 0 aromatic rings. The van der Waals surface area contributed by atoms with Gasteiger partial charge in [0, 0.05) is 6.54 Å². The lowest BCUT2D eigenvalue weighted by Gasteiger charge is -2.45. The molecule has 1 amide bonds. The summed E-state index contributed by atoms with van der Waals surface area (Å²) in [5.74, 6) is 1.55. The first-order valence-corrected chi connectivity index (χ1v) is 6.98. The summed E-state index contributed by atoms with van der Waals surface area (Å²) >= 11 is 0. The molecule has 104 valence electrons. The van der Waals surface area contributed by atoms with Crippen LogP contribution >= 0.6 is 0 Å². The third kappa shape index (κ3) is 3.16. The molecule has 1 saturated heterocycles. The van der Waals surface area contributed by atoms with Gasteiger partial charge in [0.15, 0.2) is 0 Å². The zero-order valence-corrected chi connectivity index (χ0v) is 12.0. The summed E-state index contributed by atoms with van der Waals surface area (Å²) in [6, 6.07) is 0. The Kier molecular flexibility index (Phi) is 3.34. The quantitative estimate of drug-likeness (QED) is 0.782. The minimum Gasteiger partial charge on any atom is -0.444 e. The van der Waals surface area contributed by atoms with Crippen LogP contribution in [0.4, 0.5) is 4.79 Å². The van der Waals surface area contributed by atoms with Crippen molar-refractivity contribution in [1.82, 2.24) is 4.90 Å². The molecular weight excluding hydrogens is 228 g/mol. The second-order valence-electron chi connectivity index (χ2n) is 7.08. The van der Waals surface area contributed by atoms with Gasteiger partial charge in [0.25, 0.3) is 0 Å². The van der Waals surface area contributed by atoms with Crippen LogP contribution in [0.1, 0.15) is 53.4 Å². The number of nitrogens with zero attached hydrogens (tertiary/aromatic N) is 1. The highest BCUT2D eigenvalue weighted by atomic mass is 16.6. The van der Waals surface area contributed by atoms with Gasteiger partial charge in [-0.2, -0.15) is 0 Å². The van der Waals surface area contributed by atoms with Crippen LogP contribution in [0.3, 0.4) is 0 Å². The van der Waals surface area contributed by atoms with Gasteiger partial charge in [-0.1, -0.05) is 0 Å². The lowest BCUT2D eigenvalue weighted by molar-refractivity contribution is -0.0201. The first-order valence-electron chi connectivity index (χ1n) is 6.98. The molecule has 4 heteroatoms. The van der Waals surface area contributed by atoms with Gasteiger partial charge in [0.2, 0.25) is 0 Å². The Morgan fingerprint density at radius 2 is 1.89 bits per heavy atom. The summed E-state index contributed by atoms with van der Waals surface area (Å²) in [5.41, 5.74) is 5.30. The van der Waals surface area contributed by atoms with Crippen LogP contribution < -0.4 is 5.73 Å². The third-order valence-corrected chi connectivity index (χ3v) is 3.92. The van der Waals surface area contributed by atoms with E-state index in [1.807, 2.05) is 27.7 Å². The number of piperidine rings is 1. The molecule has 2 aliphatic rings. The normalized spacial score (nSPS) is 33.4. The van der Waals surface area contributed by atoms with Crippen molar-refractivity contribution in [3.63, 3.8) is 0 Å². The second-order valence-corrected chi connectivity index (χ2v) is 7.08. The van der Waals surface area contributed by atoms with Crippen molar-refractivity contribution in [2.75, 3.05) is 6.54 Å². The predicted octanol–water partition coefficient (Wildman–Crippen LogP) is 2.72. The van der Waals surface area contributed by atoms with E-state index in [1.165, 1.54) is 12.8 Å². The number of hydrogen-bond acceptors (Lipinski definition) is 3. The molecule has 1 saturated carbocycles. The summed E-state index contributed by atoms with van der Waals surface area (Å²) in [7, 11) is 0. The Balaban J connectivity index is 1.98. The van der Waals surface area contributed by atoms with Crippen molar-refractivity contribution in [3.8, 4) is 0 Å². The maximum Gasteiger partial charge on any atom is 0.411 e. The molecule has 1 aliphatic carbocycles. The highest BCUT2D eigenvalue weighted by Crippen LogP contribution is 2.44. The number of hydrogen-bond donors (Lipinski definition) is 1. The maximum absolute atomic E-state index is 12.1. The fraction of sp³-hybridized carbons (Fsp3) is 0.929. The number of amides is 1. The number of rotatable bonds is 1. The Hall–Kier alpha value is -0.770. The van der Waals surface area contributed by atoms with E-state index in [0.29, 0.717) is 5.92 Å². The molecule has 18 heavy (non-hydrogen) atoms. The van der Waals surface area contributed by atoms with E-state index in [1.54, 1.807) is 4.90 Å². The summed E-state index contributed by atoms with van der Waals surface area (Å²) < 4.78 is 5.43. The number of carbonyl (C=O) groups excluding carboxylic acids is 1. The smallest absolute Gasteiger partial charge is 0.411 e. The van der Waals surface area contributed by atoms with E-state index < -0.39 is 11.3 Å². The standard InChI is InChI=1S/C14H26N2O2/c1-13(2,3)18-12(17)16-8-7-11(10-5-6-10)9-14(16,4)15/h10-11H,5-9,15H2,1-4H3. The lowest BCUT2D eigenvalue weighted by atomic mass is 9.84. The summed E-state index contributed by atoms with van der Waals surface area (Å²) in [6.45, 7) is 8.33. The number of likely N-dealkylation sites (tertiary alicyclic amines) is 1. The van der Waals surface area contributed by atoms with E-state index in [2.05, 4.69) is 0 Å². The number of carbonyl (C=O) groups is 1. The van der Waals surface area contributed by atoms with Crippen molar-refractivity contribution in [2.24, 2.45) is 17.6 Å². The lowest BCUT2D eigenvalue weighted by Crippen LogP contribution is -2.61. The topological polar surface area (TPSA) is 55.6 Å². The molecule has 0 aromatic heterocycles. The average molecular weight is 254 g/mol. The van der Waals surface area contributed by atoms with Gasteiger partial charge in [0.05, 0.1) is 5.66 Å². The van der Waals surface area contributed by atoms with Gasteiger partial charge in [-0.15, -0.1) is 0 Å². The molecule has 0 radical (unpaired) electrons. The monoisotopic (exact) mass is 254 g/mol. The number of ether oxygens (including phenoxy) is 1. The fourth-order valence-electron chi connectivity index (χ4n) is 2.88. The highest BCUT2D eigenvalue weighted by Gasteiger charge is 2.44. The molecule has 1 aliphatic heterocycles. The van der Waals surface area contributed by atoms with E-state index in [0.717, 1.165) is 25.3 Å². The Bertz CT molecular complexity index is 329. The largest absolute Gasteiger partial charge is 0.444 e. The van der Waals surface area contributed by atoms with Crippen molar-refractivity contribution >= 4 is 6.09 Å². The zero-order chi connectivity index (χ0) is 13.6. The van der Waals surface area contributed by atoms with Gasteiger partial charge < -0.3 is 10.5 Å². The van der Waals surface area contributed by atoms with E-state index in [-0.39, 0.29) is 6.09 Å². The van der Waals surface area contributed by atoms with E-state index >= 15 is 0 Å². The van der Waals surface area contributed by atoms with Gasteiger partial charge in [-0.05, 0) is 65.2 Å². The minimum absolute atomic E-state index is 0.276. The van der Waals surface area contributed by atoms with Gasteiger partial charge in [-0.3, -0.25) is 4.90 Å². The molecule has 4 nitrogen and oxygen atoms in total. The van der Waals surface area contributed by atoms with Crippen molar-refractivity contribution in [2.45, 2.75) is 64.6 Å². The molecular formula is C14H26N2O2. The highest BCUT2D eigenvalue weighted by molar-refractivity contribution is 5.69. The molecule has 2 rings (SSSR count). The van der Waals surface area contributed by atoms with Gasteiger partial charge in [0.1, 0.15) is 5.60 Å². The second kappa shape index (κ2) is 4.41. The van der Waals surface area contributed by atoms with Crippen molar-refractivity contribution < 1.29 is 9.53 Å². The van der Waals surface area contributed by atoms with E-state index in [9.17, 15) is 4.79 Å². The molecule has 1 heterocycles. The SMILES string of the molecule is CC(C)(C)OC(=O)N1CCC(C2CC2)CC1(C)N. The predicted molar refractivity (Wildman–Crippen MR) is 71.0 cm³/mol.